The molecule has 1 aromatic rings. The number of amides is 1. The van der Waals surface area contributed by atoms with E-state index in [9.17, 15) is 13.2 Å². The van der Waals surface area contributed by atoms with Gasteiger partial charge in [0.2, 0.25) is 10.0 Å². The zero-order valence-electron chi connectivity index (χ0n) is 12.5. The second kappa shape index (κ2) is 5.77. The van der Waals surface area contributed by atoms with Gasteiger partial charge in [-0.2, -0.15) is 0 Å². The first-order chi connectivity index (χ1) is 9.76. The molecule has 0 saturated heterocycles. The topological polar surface area (TPSA) is 89.3 Å². The minimum Gasteiger partial charge on any atom is -0.351 e. The van der Waals surface area contributed by atoms with Crippen LogP contribution in [0.1, 0.15) is 48.5 Å². The molecule has 0 aromatic heterocycles. The summed E-state index contributed by atoms with van der Waals surface area (Å²) in [4.78, 5) is 12.2. The quantitative estimate of drug-likeness (QED) is 0.871. The Labute approximate surface area is 126 Å². The first-order valence-corrected chi connectivity index (χ1v) is 8.73. The molecule has 1 saturated carbocycles. The van der Waals surface area contributed by atoms with Crippen LogP contribution in [0.4, 0.5) is 0 Å². The van der Waals surface area contributed by atoms with Gasteiger partial charge in [0.25, 0.3) is 5.91 Å². The number of rotatable bonds is 5. The van der Waals surface area contributed by atoms with E-state index in [0.717, 1.165) is 19.3 Å². The highest BCUT2D eigenvalue weighted by atomic mass is 32.2. The van der Waals surface area contributed by atoms with Gasteiger partial charge in [-0.1, -0.05) is 13.3 Å². The molecule has 0 radical (unpaired) electrons. The molecule has 1 aliphatic rings. The SMILES string of the molecule is CCC1(CNC(=O)c2cc(C)cc(S(N)(=O)=O)c2)CCC1. The lowest BCUT2D eigenvalue weighted by atomic mass is 9.67. The van der Waals surface area contributed by atoms with Crippen molar-refractivity contribution >= 4 is 15.9 Å². The Kier molecular flexibility index (Phi) is 4.39. The predicted molar refractivity (Wildman–Crippen MR) is 81.5 cm³/mol. The van der Waals surface area contributed by atoms with Gasteiger partial charge in [0.05, 0.1) is 4.90 Å². The average molecular weight is 310 g/mol. The van der Waals surface area contributed by atoms with E-state index >= 15 is 0 Å². The standard InChI is InChI=1S/C15H22N2O3S/c1-3-15(5-4-6-15)10-17-14(18)12-7-11(2)8-13(9-12)21(16,19)20/h7-9H,3-6,10H2,1-2H3,(H,17,18)(H2,16,19,20). The highest BCUT2D eigenvalue weighted by Crippen LogP contribution is 2.43. The molecule has 1 aliphatic carbocycles. The summed E-state index contributed by atoms with van der Waals surface area (Å²) in [6.07, 6.45) is 4.54. The number of primary sulfonamides is 1. The Morgan fingerprint density at radius 3 is 2.48 bits per heavy atom. The fraction of sp³-hybridized carbons (Fsp3) is 0.533. The van der Waals surface area contributed by atoms with Crippen molar-refractivity contribution in [2.75, 3.05) is 6.54 Å². The molecule has 2 rings (SSSR count). The summed E-state index contributed by atoms with van der Waals surface area (Å²) in [5.41, 5.74) is 1.26. The van der Waals surface area contributed by atoms with E-state index in [-0.39, 0.29) is 16.2 Å². The zero-order chi connectivity index (χ0) is 15.7. The van der Waals surface area contributed by atoms with Crippen molar-refractivity contribution in [1.82, 2.24) is 5.32 Å². The lowest BCUT2D eigenvalue weighted by molar-refractivity contribution is 0.0850. The number of sulfonamides is 1. The fourth-order valence-electron chi connectivity index (χ4n) is 2.75. The molecule has 5 nitrogen and oxygen atoms in total. The van der Waals surface area contributed by atoms with Crippen molar-refractivity contribution in [3.63, 3.8) is 0 Å². The number of benzene rings is 1. The van der Waals surface area contributed by atoms with Crippen LogP contribution >= 0.6 is 0 Å². The third kappa shape index (κ3) is 3.63. The minimum atomic E-state index is -3.80. The van der Waals surface area contributed by atoms with E-state index in [1.807, 2.05) is 0 Å². The maximum atomic E-state index is 12.2. The largest absolute Gasteiger partial charge is 0.351 e. The summed E-state index contributed by atoms with van der Waals surface area (Å²) in [5, 5.41) is 8.05. The molecule has 0 heterocycles. The number of carbonyl (C=O) groups is 1. The van der Waals surface area contributed by atoms with Crippen LogP contribution in [0.5, 0.6) is 0 Å². The number of hydrogen-bond donors (Lipinski definition) is 2. The van der Waals surface area contributed by atoms with E-state index in [4.69, 9.17) is 5.14 Å². The first kappa shape index (κ1) is 16.0. The predicted octanol–water partition coefficient (Wildman–Crippen LogP) is 1.95. The maximum absolute atomic E-state index is 12.2. The normalized spacial score (nSPS) is 17.1. The summed E-state index contributed by atoms with van der Waals surface area (Å²) in [6, 6.07) is 4.46. The minimum absolute atomic E-state index is 0.0264. The van der Waals surface area contributed by atoms with E-state index in [0.29, 0.717) is 17.7 Å². The molecule has 0 spiro atoms. The van der Waals surface area contributed by atoms with Crippen LogP contribution in [0.2, 0.25) is 0 Å². The second-order valence-corrected chi connectivity index (χ2v) is 7.53. The van der Waals surface area contributed by atoms with Gasteiger partial charge in [-0.15, -0.1) is 0 Å². The van der Waals surface area contributed by atoms with E-state index in [2.05, 4.69) is 12.2 Å². The molecular weight excluding hydrogens is 288 g/mol. The summed E-state index contributed by atoms with van der Waals surface area (Å²) >= 11 is 0. The van der Waals surface area contributed by atoms with Gasteiger partial charge in [-0.25, -0.2) is 13.6 Å². The Morgan fingerprint density at radius 2 is 2.00 bits per heavy atom. The molecule has 1 aromatic carbocycles. The molecule has 1 fully saturated rings. The highest BCUT2D eigenvalue weighted by Gasteiger charge is 2.35. The van der Waals surface area contributed by atoms with E-state index in [1.54, 1.807) is 13.0 Å². The van der Waals surface area contributed by atoms with Crippen molar-refractivity contribution in [2.24, 2.45) is 10.6 Å². The highest BCUT2D eigenvalue weighted by molar-refractivity contribution is 7.89. The summed E-state index contributed by atoms with van der Waals surface area (Å²) < 4.78 is 22.8. The first-order valence-electron chi connectivity index (χ1n) is 7.18. The molecule has 3 N–H and O–H groups in total. The number of nitrogens with one attached hydrogen (secondary N) is 1. The Bertz CT molecular complexity index is 643. The Balaban J connectivity index is 2.14. The molecule has 116 valence electrons. The molecule has 21 heavy (non-hydrogen) atoms. The van der Waals surface area contributed by atoms with E-state index < -0.39 is 10.0 Å². The van der Waals surface area contributed by atoms with Gasteiger partial charge in [0.1, 0.15) is 0 Å². The van der Waals surface area contributed by atoms with Crippen LogP contribution in [-0.2, 0) is 10.0 Å². The van der Waals surface area contributed by atoms with Crippen molar-refractivity contribution < 1.29 is 13.2 Å². The van der Waals surface area contributed by atoms with Crippen molar-refractivity contribution in [1.29, 1.82) is 0 Å². The molecule has 0 unspecified atom stereocenters. The van der Waals surface area contributed by atoms with Gasteiger partial charge < -0.3 is 5.32 Å². The third-order valence-corrected chi connectivity index (χ3v) is 5.32. The number of nitrogens with two attached hydrogens (primary N) is 1. The smallest absolute Gasteiger partial charge is 0.251 e. The molecular formula is C15H22N2O3S. The third-order valence-electron chi connectivity index (χ3n) is 4.43. The van der Waals surface area contributed by atoms with E-state index in [1.165, 1.54) is 18.6 Å². The Morgan fingerprint density at radius 1 is 1.33 bits per heavy atom. The van der Waals surface area contributed by atoms with Gasteiger partial charge in [0, 0.05) is 12.1 Å². The molecule has 0 aliphatic heterocycles. The number of aryl methyl sites for hydroxylation is 1. The number of hydrogen-bond acceptors (Lipinski definition) is 3. The van der Waals surface area contributed by atoms with Crippen molar-refractivity contribution in [3.05, 3.63) is 29.3 Å². The lowest BCUT2D eigenvalue weighted by Gasteiger charge is -2.41. The number of carbonyl (C=O) groups excluding carboxylic acids is 1. The summed E-state index contributed by atoms with van der Waals surface area (Å²) in [5.74, 6) is -0.247. The summed E-state index contributed by atoms with van der Waals surface area (Å²) in [7, 11) is -3.80. The Hall–Kier alpha value is -1.40. The monoisotopic (exact) mass is 310 g/mol. The van der Waals surface area contributed by atoms with Crippen LogP contribution < -0.4 is 10.5 Å². The van der Waals surface area contributed by atoms with Crippen molar-refractivity contribution in [3.8, 4) is 0 Å². The van der Waals surface area contributed by atoms with Crippen LogP contribution in [0.15, 0.2) is 23.1 Å². The zero-order valence-corrected chi connectivity index (χ0v) is 13.3. The van der Waals surface area contributed by atoms with Gasteiger partial charge in [-0.3, -0.25) is 4.79 Å². The van der Waals surface area contributed by atoms with Crippen LogP contribution in [0.3, 0.4) is 0 Å². The summed E-state index contributed by atoms with van der Waals surface area (Å²) in [6.45, 7) is 4.52. The lowest BCUT2D eigenvalue weighted by Crippen LogP contribution is -2.41. The molecule has 6 heteroatoms. The van der Waals surface area contributed by atoms with Crippen molar-refractivity contribution in [2.45, 2.75) is 44.4 Å². The molecule has 0 bridgehead atoms. The van der Waals surface area contributed by atoms with Gasteiger partial charge in [-0.05, 0) is 55.4 Å². The van der Waals surface area contributed by atoms with Gasteiger partial charge >= 0.3 is 0 Å². The second-order valence-electron chi connectivity index (χ2n) is 5.97. The van der Waals surface area contributed by atoms with Gasteiger partial charge in [0.15, 0.2) is 0 Å². The van der Waals surface area contributed by atoms with Crippen LogP contribution in [0, 0.1) is 12.3 Å². The molecule has 0 atom stereocenters. The van der Waals surface area contributed by atoms with Crippen LogP contribution in [-0.4, -0.2) is 20.9 Å². The average Bonchev–Trinajstić information content (AvgIpc) is 2.36. The fourth-order valence-corrected chi connectivity index (χ4v) is 3.39. The molecule has 1 amide bonds. The van der Waals surface area contributed by atoms with Crippen LogP contribution in [0.25, 0.3) is 0 Å². The maximum Gasteiger partial charge on any atom is 0.251 e.